The van der Waals surface area contributed by atoms with Crippen molar-refractivity contribution in [2.24, 2.45) is 39.4 Å². The topological polar surface area (TPSA) is 152 Å². The average molecular weight is 559 g/mol. The standard InChI is InChI=1S/C31H42O9/c1-15(12-17(33)8-9-23(37)38)18-13-22(36)31(7)24-19(34)14-20-28(3,4)21(35)10-11-29(20,5)25(24)26(39)27(30(18,31)6)40-16(2)32/h15,18,20-21,27,35H,8-14H2,1-7H3,(H,37,38)/t15-,18-,20+,21+,27-,29+,30+,31+/m1/s1. The summed E-state index contributed by atoms with van der Waals surface area (Å²) in [4.78, 5) is 78.8. The number of carboxylic acids is 1. The quantitative estimate of drug-likeness (QED) is 0.446. The van der Waals surface area contributed by atoms with E-state index in [4.69, 9.17) is 9.84 Å². The van der Waals surface area contributed by atoms with Crippen LogP contribution in [0.2, 0.25) is 0 Å². The van der Waals surface area contributed by atoms with Gasteiger partial charge in [0, 0.05) is 54.6 Å². The lowest BCUT2D eigenvalue weighted by Crippen LogP contribution is -2.65. The molecule has 40 heavy (non-hydrogen) atoms. The molecular weight excluding hydrogens is 516 g/mol. The zero-order valence-electron chi connectivity index (χ0n) is 24.6. The van der Waals surface area contributed by atoms with Gasteiger partial charge in [-0.05, 0) is 42.9 Å². The Kier molecular flexibility index (Phi) is 7.35. The fourth-order valence-corrected chi connectivity index (χ4v) is 9.01. The highest BCUT2D eigenvalue weighted by atomic mass is 16.5. The van der Waals surface area contributed by atoms with Crippen LogP contribution in [0, 0.1) is 39.4 Å². The number of ether oxygens (including phenoxy) is 1. The molecule has 2 saturated carbocycles. The first kappa shape index (κ1) is 30.3. The predicted octanol–water partition coefficient (Wildman–Crippen LogP) is 3.64. The normalized spacial score (nSPS) is 39.2. The number of aliphatic hydroxyl groups is 1. The fourth-order valence-electron chi connectivity index (χ4n) is 9.01. The van der Waals surface area contributed by atoms with Crippen molar-refractivity contribution in [2.75, 3.05) is 0 Å². The number of carbonyl (C=O) groups is 6. The van der Waals surface area contributed by atoms with Crippen LogP contribution in [0.1, 0.15) is 93.4 Å². The lowest BCUT2D eigenvalue weighted by Gasteiger charge is -2.61. The number of esters is 1. The first-order valence-corrected chi connectivity index (χ1v) is 14.3. The molecule has 0 aliphatic heterocycles. The molecular formula is C31H42O9. The number of aliphatic hydroxyl groups excluding tert-OH is 1. The first-order valence-electron chi connectivity index (χ1n) is 14.3. The zero-order valence-corrected chi connectivity index (χ0v) is 24.6. The van der Waals surface area contributed by atoms with Gasteiger partial charge in [-0.1, -0.05) is 34.6 Å². The van der Waals surface area contributed by atoms with Crippen molar-refractivity contribution >= 4 is 35.1 Å². The molecule has 4 aliphatic carbocycles. The number of allylic oxidation sites excluding steroid dienone is 1. The number of carboxylic acid groups (broad SMARTS) is 1. The Bertz CT molecular complexity index is 1230. The van der Waals surface area contributed by atoms with E-state index in [2.05, 4.69) is 0 Å². The maximum atomic E-state index is 14.6. The lowest BCUT2D eigenvalue weighted by molar-refractivity contribution is -0.176. The minimum Gasteiger partial charge on any atom is -0.481 e. The highest BCUT2D eigenvalue weighted by molar-refractivity contribution is 6.18. The van der Waals surface area contributed by atoms with Gasteiger partial charge in [0.1, 0.15) is 11.6 Å². The van der Waals surface area contributed by atoms with Gasteiger partial charge in [-0.15, -0.1) is 0 Å². The van der Waals surface area contributed by atoms with E-state index in [1.807, 2.05) is 20.8 Å². The molecule has 0 heterocycles. The van der Waals surface area contributed by atoms with Crippen molar-refractivity contribution < 1.29 is 43.7 Å². The number of aliphatic carboxylic acids is 1. The Morgan fingerprint density at radius 3 is 2.20 bits per heavy atom. The molecule has 2 fully saturated rings. The average Bonchev–Trinajstić information content (AvgIpc) is 3.06. The third kappa shape index (κ3) is 4.05. The summed E-state index contributed by atoms with van der Waals surface area (Å²) < 4.78 is 5.78. The molecule has 4 aliphatic rings. The third-order valence-electron chi connectivity index (χ3n) is 11.4. The van der Waals surface area contributed by atoms with E-state index in [0.29, 0.717) is 12.8 Å². The summed E-state index contributed by atoms with van der Waals surface area (Å²) in [6, 6.07) is 0. The zero-order chi connectivity index (χ0) is 30.2. The summed E-state index contributed by atoms with van der Waals surface area (Å²) in [7, 11) is 0. The number of hydrogen-bond acceptors (Lipinski definition) is 8. The SMILES string of the molecule is CC(=O)O[C@@H]1C(=O)C2=C(C(=O)C[C@H]3C(C)(C)[C@@H](O)CC[C@]23C)[C@]2(C)C(=O)C[C@H]([C@H](C)CC(=O)CCC(=O)O)[C@@]12C. The summed E-state index contributed by atoms with van der Waals surface area (Å²) in [5, 5.41) is 19.8. The second-order valence-electron chi connectivity index (χ2n) is 13.8. The van der Waals surface area contributed by atoms with E-state index >= 15 is 0 Å². The van der Waals surface area contributed by atoms with Gasteiger partial charge in [0.15, 0.2) is 11.9 Å². The minimum atomic E-state index is -1.43. The molecule has 2 N–H and O–H groups in total. The lowest BCUT2D eigenvalue weighted by atomic mass is 9.42. The van der Waals surface area contributed by atoms with E-state index in [-0.39, 0.29) is 66.5 Å². The number of ketones is 4. The Hall–Kier alpha value is -2.68. The summed E-state index contributed by atoms with van der Waals surface area (Å²) in [6.07, 6.45) is -1.45. The molecule has 0 amide bonds. The van der Waals surface area contributed by atoms with E-state index in [0.717, 1.165) is 0 Å². The van der Waals surface area contributed by atoms with Crippen LogP contribution in [0.15, 0.2) is 11.1 Å². The molecule has 0 aromatic heterocycles. The van der Waals surface area contributed by atoms with Crippen LogP contribution in [0.25, 0.3) is 0 Å². The van der Waals surface area contributed by atoms with Gasteiger partial charge in [-0.3, -0.25) is 28.8 Å². The van der Waals surface area contributed by atoms with Gasteiger partial charge in [0.25, 0.3) is 0 Å². The highest BCUT2D eigenvalue weighted by Gasteiger charge is 2.74. The maximum absolute atomic E-state index is 14.6. The van der Waals surface area contributed by atoms with Crippen LogP contribution < -0.4 is 0 Å². The van der Waals surface area contributed by atoms with Crippen LogP contribution in [-0.2, 0) is 33.5 Å². The van der Waals surface area contributed by atoms with Crippen molar-refractivity contribution in [3.63, 3.8) is 0 Å². The van der Waals surface area contributed by atoms with Crippen LogP contribution in [0.4, 0.5) is 0 Å². The molecule has 9 heteroatoms. The molecule has 0 unspecified atom stereocenters. The van der Waals surface area contributed by atoms with Gasteiger partial charge in [0.05, 0.1) is 17.9 Å². The monoisotopic (exact) mass is 558 g/mol. The smallest absolute Gasteiger partial charge is 0.303 e. The van der Waals surface area contributed by atoms with Crippen LogP contribution in [0.5, 0.6) is 0 Å². The summed E-state index contributed by atoms with van der Waals surface area (Å²) in [6.45, 7) is 12.2. The summed E-state index contributed by atoms with van der Waals surface area (Å²) in [5.41, 5.74) is -3.70. The minimum absolute atomic E-state index is 0.000167. The Morgan fingerprint density at radius 1 is 1.00 bits per heavy atom. The number of carbonyl (C=O) groups excluding carboxylic acids is 5. The maximum Gasteiger partial charge on any atom is 0.303 e. The van der Waals surface area contributed by atoms with Crippen LogP contribution in [-0.4, -0.2) is 57.5 Å². The van der Waals surface area contributed by atoms with E-state index in [1.165, 1.54) is 6.92 Å². The Balaban J connectivity index is 1.89. The first-order chi connectivity index (χ1) is 18.3. The van der Waals surface area contributed by atoms with Gasteiger partial charge in [-0.2, -0.15) is 0 Å². The molecule has 0 aromatic rings. The highest BCUT2D eigenvalue weighted by Crippen LogP contribution is 2.70. The molecule has 8 atom stereocenters. The largest absolute Gasteiger partial charge is 0.481 e. The molecule has 0 aromatic carbocycles. The number of rotatable bonds is 7. The van der Waals surface area contributed by atoms with Crippen molar-refractivity contribution in [1.82, 2.24) is 0 Å². The van der Waals surface area contributed by atoms with Crippen LogP contribution >= 0.6 is 0 Å². The van der Waals surface area contributed by atoms with E-state index in [1.54, 1.807) is 20.8 Å². The molecule has 0 saturated heterocycles. The van der Waals surface area contributed by atoms with Crippen molar-refractivity contribution in [2.45, 2.75) is 106 Å². The summed E-state index contributed by atoms with van der Waals surface area (Å²) >= 11 is 0. The second-order valence-corrected chi connectivity index (χ2v) is 13.8. The fraction of sp³-hybridized carbons (Fsp3) is 0.742. The molecule has 9 nitrogen and oxygen atoms in total. The van der Waals surface area contributed by atoms with Gasteiger partial charge in [0.2, 0.25) is 5.78 Å². The van der Waals surface area contributed by atoms with E-state index < -0.39 is 63.4 Å². The van der Waals surface area contributed by atoms with Gasteiger partial charge in [-0.25, -0.2) is 0 Å². The number of Topliss-reactive ketones (excluding diaryl/α,β-unsaturated/α-hetero) is 4. The van der Waals surface area contributed by atoms with Crippen molar-refractivity contribution in [3.8, 4) is 0 Å². The molecule has 220 valence electrons. The van der Waals surface area contributed by atoms with E-state index in [9.17, 15) is 33.9 Å². The Labute approximate surface area is 235 Å². The van der Waals surface area contributed by atoms with Gasteiger partial charge < -0.3 is 14.9 Å². The summed E-state index contributed by atoms with van der Waals surface area (Å²) in [5.74, 6) is -4.36. The number of fused-ring (bicyclic) bond motifs is 4. The predicted molar refractivity (Wildman–Crippen MR) is 143 cm³/mol. The van der Waals surface area contributed by atoms with Crippen LogP contribution in [0.3, 0.4) is 0 Å². The third-order valence-corrected chi connectivity index (χ3v) is 11.4. The van der Waals surface area contributed by atoms with Crippen molar-refractivity contribution in [1.29, 1.82) is 0 Å². The molecule has 0 spiro atoms. The van der Waals surface area contributed by atoms with Gasteiger partial charge >= 0.3 is 11.9 Å². The number of hydrogen-bond donors (Lipinski definition) is 2. The molecule has 0 bridgehead atoms. The molecule has 0 radical (unpaired) electrons. The van der Waals surface area contributed by atoms with Crippen molar-refractivity contribution in [3.05, 3.63) is 11.1 Å². The Morgan fingerprint density at radius 2 is 1.62 bits per heavy atom. The molecule has 4 rings (SSSR count). The second kappa shape index (κ2) is 9.71.